The molecule has 0 spiro atoms. The molecule has 1 aromatic carbocycles. The Hall–Kier alpha value is -1.91. The number of hydrogen-bond donors (Lipinski definition) is 1. The van der Waals surface area contributed by atoms with Crippen LogP contribution in [0.2, 0.25) is 0 Å². The summed E-state index contributed by atoms with van der Waals surface area (Å²) in [7, 11) is 0. The lowest BCUT2D eigenvalue weighted by molar-refractivity contribution is -0.138. The standard InChI is InChI=1S/C13H16FNO3/c1-8(2)15(7-12(16)17)13(18)10-6-9(3)4-5-11(10)14/h4-6,8H,7H2,1-3H3,(H,16,17). The molecule has 0 heterocycles. The third-order valence-corrected chi connectivity index (χ3v) is 2.54. The van der Waals surface area contributed by atoms with E-state index in [4.69, 9.17) is 5.11 Å². The predicted octanol–water partition coefficient (Wildman–Crippen LogP) is 2.07. The van der Waals surface area contributed by atoms with Crippen LogP contribution < -0.4 is 0 Å². The molecule has 1 aromatic rings. The fourth-order valence-electron chi connectivity index (χ4n) is 1.59. The second kappa shape index (κ2) is 5.62. The van der Waals surface area contributed by atoms with Crippen molar-refractivity contribution >= 4 is 11.9 Å². The number of hydrogen-bond acceptors (Lipinski definition) is 2. The first-order valence-corrected chi connectivity index (χ1v) is 5.62. The van der Waals surface area contributed by atoms with Crippen LogP contribution in [-0.4, -0.2) is 34.5 Å². The van der Waals surface area contributed by atoms with Crippen molar-refractivity contribution in [2.45, 2.75) is 26.8 Å². The fraction of sp³-hybridized carbons (Fsp3) is 0.385. The van der Waals surface area contributed by atoms with Gasteiger partial charge in [0.25, 0.3) is 5.91 Å². The highest BCUT2D eigenvalue weighted by molar-refractivity contribution is 5.96. The van der Waals surface area contributed by atoms with Gasteiger partial charge in [-0.25, -0.2) is 4.39 Å². The van der Waals surface area contributed by atoms with E-state index < -0.39 is 24.2 Å². The molecule has 0 saturated heterocycles. The molecule has 4 nitrogen and oxygen atoms in total. The normalized spacial score (nSPS) is 10.5. The molecule has 0 saturated carbocycles. The van der Waals surface area contributed by atoms with Crippen LogP contribution >= 0.6 is 0 Å². The third-order valence-electron chi connectivity index (χ3n) is 2.54. The lowest BCUT2D eigenvalue weighted by atomic mass is 10.1. The van der Waals surface area contributed by atoms with Gasteiger partial charge in [-0.1, -0.05) is 11.6 Å². The molecule has 0 atom stereocenters. The Morgan fingerprint density at radius 3 is 2.50 bits per heavy atom. The molecular formula is C13H16FNO3. The zero-order valence-corrected chi connectivity index (χ0v) is 10.6. The molecule has 5 heteroatoms. The second-order valence-corrected chi connectivity index (χ2v) is 4.40. The average molecular weight is 253 g/mol. The number of halogens is 1. The number of nitrogens with zero attached hydrogens (tertiary/aromatic N) is 1. The van der Waals surface area contributed by atoms with Gasteiger partial charge in [0.1, 0.15) is 12.4 Å². The molecule has 0 bridgehead atoms. The van der Waals surface area contributed by atoms with Crippen LogP contribution in [0.3, 0.4) is 0 Å². The molecule has 1 amide bonds. The predicted molar refractivity (Wildman–Crippen MR) is 64.9 cm³/mol. The van der Waals surface area contributed by atoms with Crippen LogP contribution in [0.25, 0.3) is 0 Å². The van der Waals surface area contributed by atoms with Crippen molar-refractivity contribution in [1.82, 2.24) is 4.90 Å². The molecule has 0 aliphatic carbocycles. The molecular weight excluding hydrogens is 237 g/mol. The smallest absolute Gasteiger partial charge is 0.323 e. The summed E-state index contributed by atoms with van der Waals surface area (Å²) < 4.78 is 13.6. The van der Waals surface area contributed by atoms with Gasteiger partial charge >= 0.3 is 5.97 Å². The molecule has 1 rings (SSSR count). The van der Waals surface area contributed by atoms with E-state index in [2.05, 4.69) is 0 Å². The van der Waals surface area contributed by atoms with Crippen LogP contribution in [0, 0.1) is 12.7 Å². The van der Waals surface area contributed by atoms with Crippen molar-refractivity contribution < 1.29 is 19.1 Å². The first-order chi connectivity index (χ1) is 8.32. The Labute approximate surface area is 105 Å². The van der Waals surface area contributed by atoms with Crippen molar-refractivity contribution in [3.63, 3.8) is 0 Å². The highest BCUT2D eigenvalue weighted by Crippen LogP contribution is 2.14. The maximum absolute atomic E-state index is 13.6. The number of benzene rings is 1. The lowest BCUT2D eigenvalue weighted by Gasteiger charge is -2.25. The summed E-state index contributed by atoms with van der Waals surface area (Å²) in [4.78, 5) is 24.0. The maximum atomic E-state index is 13.6. The SMILES string of the molecule is Cc1ccc(F)c(C(=O)N(CC(=O)O)C(C)C)c1. The van der Waals surface area contributed by atoms with Crippen LogP contribution in [0.5, 0.6) is 0 Å². The Bertz CT molecular complexity index is 471. The van der Waals surface area contributed by atoms with Gasteiger partial charge in [0.05, 0.1) is 5.56 Å². The number of carboxylic acids is 1. The monoisotopic (exact) mass is 253 g/mol. The minimum Gasteiger partial charge on any atom is -0.480 e. The van der Waals surface area contributed by atoms with Gasteiger partial charge in [-0.05, 0) is 32.9 Å². The molecule has 0 aliphatic heterocycles. The first kappa shape index (κ1) is 14.2. The zero-order valence-electron chi connectivity index (χ0n) is 10.6. The van der Waals surface area contributed by atoms with Gasteiger partial charge in [0.15, 0.2) is 0 Å². The summed E-state index contributed by atoms with van der Waals surface area (Å²) in [6.07, 6.45) is 0. The second-order valence-electron chi connectivity index (χ2n) is 4.40. The van der Waals surface area contributed by atoms with Crippen molar-refractivity contribution in [3.8, 4) is 0 Å². The largest absolute Gasteiger partial charge is 0.480 e. The summed E-state index contributed by atoms with van der Waals surface area (Å²) in [6.45, 7) is 4.68. The minimum atomic E-state index is -1.12. The van der Waals surface area contributed by atoms with E-state index in [1.807, 2.05) is 0 Å². The summed E-state index contributed by atoms with van der Waals surface area (Å²) in [5.41, 5.74) is 0.656. The molecule has 0 radical (unpaired) electrons. The van der Waals surface area contributed by atoms with Crippen molar-refractivity contribution in [1.29, 1.82) is 0 Å². The Morgan fingerprint density at radius 2 is 2.00 bits per heavy atom. The quantitative estimate of drug-likeness (QED) is 0.893. The van der Waals surface area contributed by atoms with E-state index in [0.29, 0.717) is 0 Å². The Kier molecular flexibility index (Phi) is 4.42. The van der Waals surface area contributed by atoms with E-state index >= 15 is 0 Å². The minimum absolute atomic E-state index is 0.0926. The molecule has 0 unspecified atom stereocenters. The molecule has 0 aromatic heterocycles. The number of aliphatic carboxylic acids is 1. The van der Waals surface area contributed by atoms with Crippen molar-refractivity contribution in [2.24, 2.45) is 0 Å². The summed E-state index contributed by atoms with van der Waals surface area (Å²) in [5.74, 6) is -2.36. The fourth-order valence-corrected chi connectivity index (χ4v) is 1.59. The number of carbonyl (C=O) groups is 2. The Balaban J connectivity index is 3.09. The molecule has 1 N–H and O–H groups in total. The van der Waals surface area contributed by atoms with E-state index in [1.165, 1.54) is 12.1 Å². The maximum Gasteiger partial charge on any atom is 0.323 e. The topological polar surface area (TPSA) is 57.6 Å². The highest BCUT2D eigenvalue weighted by atomic mass is 19.1. The highest BCUT2D eigenvalue weighted by Gasteiger charge is 2.23. The Morgan fingerprint density at radius 1 is 1.39 bits per heavy atom. The molecule has 0 aliphatic rings. The van der Waals surface area contributed by atoms with Crippen LogP contribution in [0.4, 0.5) is 4.39 Å². The van der Waals surface area contributed by atoms with Gasteiger partial charge < -0.3 is 10.0 Å². The average Bonchev–Trinajstić information content (AvgIpc) is 2.27. The number of carboxylic acid groups (broad SMARTS) is 1. The van der Waals surface area contributed by atoms with Gasteiger partial charge in [-0.3, -0.25) is 9.59 Å². The summed E-state index contributed by atoms with van der Waals surface area (Å²) in [6, 6.07) is 3.88. The zero-order chi connectivity index (χ0) is 13.9. The van der Waals surface area contributed by atoms with E-state index in [0.717, 1.165) is 10.5 Å². The van der Waals surface area contributed by atoms with Gasteiger partial charge in [-0.2, -0.15) is 0 Å². The van der Waals surface area contributed by atoms with Gasteiger partial charge in [0.2, 0.25) is 0 Å². The number of aryl methyl sites for hydroxylation is 1. The summed E-state index contributed by atoms with van der Waals surface area (Å²) >= 11 is 0. The summed E-state index contributed by atoms with van der Waals surface area (Å²) in [5, 5.41) is 8.76. The van der Waals surface area contributed by atoms with Crippen LogP contribution in [-0.2, 0) is 4.79 Å². The molecule has 18 heavy (non-hydrogen) atoms. The van der Waals surface area contributed by atoms with E-state index in [9.17, 15) is 14.0 Å². The molecule has 0 fully saturated rings. The van der Waals surface area contributed by atoms with Crippen LogP contribution in [0.15, 0.2) is 18.2 Å². The first-order valence-electron chi connectivity index (χ1n) is 5.62. The van der Waals surface area contributed by atoms with Crippen LogP contribution in [0.1, 0.15) is 29.8 Å². The number of amides is 1. The number of carbonyl (C=O) groups excluding carboxylic acids is 1. The molecule has 98 valence electrons. The van der Waals surface area contributed by atoms with E-state index in [-0.39, 0.29) is 11.6 Å². The van der Waals surface area contributed by atoms with E-state index in [1.54, 1.807) is 26.8 Å². The lowest BCUT2D eigenvalue weighted by Crippen LogP contribution is -2.41. The third kappa shape index (κ3) is 3.29. The number of rotatable bonds is 4. The van der Waals surface area contributed by atoms with Crippen molar-refractivity contribution in [2.75, 3.05) is 6.54 Å². The van der Waals surface area contributed by atoms with Gasteiger partial charge in [-0.15, -0.1) is 0 Å². The van der Waals surface area contributed by atoms with Crippen molar-refractivity contribution in [3.05, 3.63) is 35.1 Å². The van der Waals surface area contributed by atoms with Gasteiger partial charge in [0, 0.05) is 6.04 Å².